The molecule has 0 aliphatic carbocycles. The molecule has 5 aromatic rings. The molecule has 0 bridgehead atoms. The summed E-state index contributed by atoms with van der Waals surface area (Å²) in [4.78, 5) is 33.4. The minimum Gasteiger partial charge on any atom is -0.354 e. The molecule has 36 heavy (non-hydrogen) atoms. The Kier molecular flexibility index (Phi) is 4.93. The zero-order valence-corrected chi connectivity index (χ0v) is 19.3. The molecule has 1 aliphatic heterocycles. The van der Waals surface area contributed by atoms with Crippen molar-refractivity contribution in [2.75, 3.05) is 7.05 Å². The highest BCUT2D eigenvalue weighted by molar-refractivity contribution is 5.95. The number of H-pyrrole nitrogens is 1. The number of aryl methyl sites for hydroxylation is 1. The number of nitrogens with zero attached hydrogens (tertiary/aromatic N) is 6. The van der Waals surface area contributed by atoms with E-state index in [-0.39, 0.29) is 34.7 Å². The summed E-state index contributed by atoms with van der Waals surface area (Å²) in [6, 6.07) is 6.85. The van der Waals surface area contributed by atoms with E-state index in [1.165, 1.54) is 0 Å². The number of hydrogen-bond donors (Lipinski definition) is 2. The highest BCUT2D eigenvalue weighted by Crippen LogP contribution is 2.27. The van der Waals surface area contributed by atoms with Crippen LogP contribution in [0, 0.1) is 18.6 Å². The normalized spacial score (nSPS) is 13.6. The van der Waals surface area contributed by atoms with Crippen molar-refractivity contribution in [2.24, 2.45) is 0 Å². The second kappa shape index (κ2) is 8.05. The van der Waals surface area contributed by atoms with Gasteiger partial charge in [-0.1, -0.05) is 6.07 Å². The van der Waals surface area contributed by atoms with Crippen molar-refractivity contribution in [1.29, 1.82) is 0 Å². The van der Waals surface area contributed by atoms with Crippen molar-refractivity contribution in [1.82, 2.24) is 39.6 Å². The van der Waals surface area contributed by atoms with E-state index >= 15 is 4.39 Å². The zero-order chi connectivity index (χ0) is 25.1. The lowest BCUT2D eigenvalue weighted by molar-refractivity contribution is 0.0957. The molecule has 1 aliphatic rings. The summed E-state index contributed by atoms with van der Waals surface area (Å²) in [7, 11) is 1.55. The third-order valence-electron chi connectivity index (χ3n) is 6.35. The van der Waals surface area contributed by atoms with Crippen LogP contribution >= 0.6 is 0 Å². The predicted molar refractivity (Wildman–Crippen MR) is 126 cm³/mol. The molecule has 0 atom stereocenters. The number of carbonyl (C=O) groups is 1. The van der Waals surface area contributed by atoms with Gasteiger partial charge in [0.2, 0.25) is 0 Å². The van der Waals surface area contributed by atoms with Gasteiger partial charge in [-0.15, -0.1) is 0 Å². The highest BCUT2D eigenvalue weighted by atomic mass is 19.1. The number of hydrogen-bond acceptors (Lipinski definition) is 6. The summed E-state index contributed by atoms with van der Waals surface area (Å²) < 4.78 is 32.0. The lowest BCUT2D eigenvalue weighted by atomic mass is 10.1. The van der Waals surface area contributed by atoms with Crippen molar-refractivity contribution in [3.05, 3.63) is 86.9 Å². The number of benzene rings is 1. The van der Waals surface area contributed by atoms with Gasteiger partial charge in [-0.3, -0.25) is 14.5 Å². The summed E-state index contributed by atoms with van der Waals surface area (Å²) >= 11 is 0. The maximum Gasteiger partial charge on any atom is 0.277 e. The molecule has 0 radical (unpaired) electrons. The van der Waals surface area contributed by atoms with Gasteiger partial charge in [0.25, 0.3) is 11.5 Å². The van der Waals surface area contributed by atoms with E-state index in [0.29, 0.717) is 24.3 Å². The molecule has 0 saturated carbocycles. The number of aromatic nitrogens is 6. The van der Waals surface area contributed by atoms with E-state index in [0.717, 1.165) is 27.7 Å². The molecule has 5 heterocycles. The molecule has 10 nitrogen and oxygen atoms in total. The first-order valence-corrected chi connectivity index (χ1v) is 11.2. The van der Waals surface area contributed by atoms with Crippen LogP contribution in [0.1, 0.15) is 33.0 Å². The fraction of sp³-hybridized carbons (Fsp3) is 0.208. The summed E-state index contributed by atoms with van der Waals surface area (Å²) in [5, 5.41) is 11.1. The number of aromatic amines is 1. The fourth-order valence-corrected chi connectivity index (χ4v) is 4.63. The lowest BCUT2D eigenvalue weighted by Crippen LogP contribution is -2.22. The van der Waals surface area contributed by atoms with E-state index in [9.17, 15) is 14.0 Å². The van der Waals surface area contributed by atoms with Gasteiger partial charge in [-0.25, -0.2) is 23.0 Å². The van der Waals surface area contributed by atoms with Crippen molar-refractivity contribution >= 4 is 22.5 Å². The molecular weight excluding hydrogens is 470 g/mol. The maximum atomic E-state index is 15.4. The Bertz CT molecular complexity index is 1730. The van der Waals surface area contributed by atoms with Crippen LogP contribution < -0.4 is 10.9 Å². The Hall–Kier alpha value is -4.45. The van der Waals surface area contributed by atoms with Gasteiger partial charge in [0, 0.05) is 49.7 Å². The van der Waals surface area contributed by atoms with Gasteiger partial charge in [0.05, 0.1) is 23.1 Å². The molecule has 12 heteroatoms. The van der Waals surface area contributed by atoms with E-state index in [4.69, 9.17) is 0 Å². The first kappa shape index (κ1) is 22.0. The van der Waals surface area contributed by atoms with Gasteiger partial charge in [0.1, 0.15) is 5.52 Å². The zero-order valence-electron chi connectivity index (χ0n) is 19.3. The first-order valence-electron chi connectivity index (χ1n) is 11.2. The minimum atomic E-state index is -0.766. The largest absolute Gasteiger partial charge is 0.354 e. The van der Waals surface area contributed by atoms with E-state index in [2.05, 4.69) is 25.5 Å². The number of carbonyl (C=O) groups excluding carboxylic acids is 1. The van der Waals surface area contributed by atoms with Gasteiger partial charge in [-0.05, 0) is 25.1 Å². The van der Waals surface area contributed by atoms with E-state index in [1.54, 1.807) is 29.9 Å². The fourth-order valence-electron chi connectivity index (χ4n) is 4.63. The van der Waals surface area contributed by atoms with Crippen molar-refractivity contribution in [2.45, 2.75) is 26.6 Å². The number of rotatable bonds is 4. The molecule has 2 N–H and O–H groups in total. The minimum absolute atomic E-state index is 0.0242. The van der Waals surface area contributed by atoms with Crippen molar-refractivity contribution in [3.8, 4) is 5.69 Å². The van der Waals surface area contributed by atoms with Crippen LogP contribution in [0.15, 0.2) is 41.5 Å². The second-order valence-electron chi connectivity index (χ2n) is 8.73. The third-order valence-corrected chi connectivity index (χ3v) is 6.35. The van der Waals surface area contributed by atoms with Crippen LogP contribution in [0.3, 0.4) is 0 Å². The van der Waals surface area contributed by atoms with Crippen LogP contribution in [0.25, 0.3) is 22.2 Å². The predicted octanol–water partition coefficient (Wildman–Crippen LogP) is 2.22. The smallest absolute Gasteiger partial charge is 0.277 e. The second-order valence-corrected chi connectivity index (χ2v) is 8.73. The number of halogens is 2. The Labute approximate surface area is 202 Å². The topological polar surface area (TPSA) is 113 Å². The Morgan fingerprint density at radius 2 is 2.03 bits per heavy atom. The van der Waals surface area contributed by atoms with Gasteiger partial charge in [-0.2, -0.15) is 10.2 Å². The Morgan fingerprint density at radius 1 is 1.19 bits per heavy atom. The highest BCUT2D eigenvalue weighted by Gasteiger charge is 2.26. The van der Waals surface area contributed by atoms with Gasteiger partial charge >= 0.3 is 0 Å². The molecule has 0 unspecified atom stereocenters. The van der Waals surface area contributed by atoms with E-state index in [1.807, 2.05) is 24.1 Å². The number of fused-ring (bicyclic) bond motifs is 4. The summed E-state index contributed by atoms with van der Waals surface area (Å²) in [5.41, 5.74) is 3.00. The number of amides is 1. The molecule has 0 fully saturated rings. The molecule has 1 amide bonds. The standard InChI is InChI=1S/C24H20F2N8O2/c1-12-3-5-17(21(29-12)23(35)27-2)33-10-14-9-32(11-16(14)31-33)8-13-4-6-18-20(19(13)26)30-24(36)22-15(25)7-28-34(18)22/h3-7,10H,8-9,11H2,1-2H3,(H,27,35)(H,30,36). The van der Waals surface area contributed by atoms with Crippen molar-refractivity contribution in [3.63, 3.8) is 0 Å². The first-order chi connectivity index (χ1) is 17.3. The van der Waals surface area contributed by atoms with Crippen LogP contribution in [-0.2, 0) is 19.6 Å². The molecule has 6 rings (SSSR count). The molecular formula is C24H20F2N8O2. The number of nitrogens with one attached hydrogen (secondary N) is 2. The van der Waals surface area contributed by atoms with Crippen LogP contribution in [-0.4, -0.2) is 47.2 Å². The quantitative estimate of drug-likeness (QED) is 0.400. The van der Waals surface area contributed by atoms with Crippen LogP contribution in [0.2, 0.25) is 0 Å². The van der Waals surface area contributed by atoms with Gasteiger partial charge in [0.15, 0.2) is 22.8 Å². The lowest BCUT2D eigenvalue weighted by Gasteiger charge is -2.17. The molecule has 0 saturated heterocycles. The number of pyridine rings is 1. The Morgan fingerprint density at radius 3 is 2.81 bits per heavy atom. The summed E-state index contributed by atoms with van der Waals surface area (Å²) in [6.07, 6.45) is 2.78. The summed E-state index contributed by atoms with van der Waals surface area (Å²) in [6.45, 7) is 3.10. The summed E-state index contributed by atoms with van der Waals surface area (Å²) in [5.74, 6) is -1.65. The molecule has 4 aromatic heterocycles. The van der Waals surface area contributed by atoms with Gasteiger partial charge < -0.3 is 10.3 Å². The maximum absolute atomic E-state index is 15.4. The molecule has 1 aromatic carbocycles. The monoisotopic (exact) mass is 490 g/mol. The third kappa shape index (κ3) is 3.37. The average Bonchev–Trinajstić information content (AvgIpc) is 3.54. The Balaban J connectivity index is 1.27. The molecule has 0 spiro atoms. The average molecular weight is 490 g/mol. The van der Waals surface area contributed by atoms with Crippen molar-refractivity contribution < 1.29 is 13.6 Å². The SMILES string of the molecule is CNC(=O)c1nc(C)ccc1-n1cc2c(n1)CN(Cc1ccc3c([nH]c(=O)c4c(F)cnn43)c1F)C2. The van der Waals surface area contributed by atoms with Crippen LogP contribution in [0.4, 0.5) is 8.78 Å². The van der Waals surface area contributed by atoms with Crippen LogP contribution in [0.5, 0.6) is 0 Å². The molecule has 182 valence electrons. The van der Waals surface area contributed by atoms with E-state index < -0.39 is 17.2 Å².